The Balaban J connectivity index is 1.68. The zero-order chi connectivity index (χ0) is 27.7. The first kappa shape index (κ1) is 29.3. The van der Waals surface area contributed by atoms with Gasteiger partial charge in [0.2, 0.25) is 0 Å². The molecule has 0 saturated heterocycles. The second-order valence-corrected chi connectivity index (χ2v) is 9.49. The Bertz CT molecular complexity index is 1190. The Labute approximate surface area is 225 Å². The molecule has 5 nitrogen and oxygen atoms in total. The number of benzene rings is 2. The summed E-state index contributed by atoms with van der Waals surface area (Å²) in [5, 5.41) is 8.67. The summed E-state index contributed by atoms with van der Waals surface area (Å²) in [6.07, 6.45) is 2.89. The van der Waals surface area contributed by atoms with E-state index in [-0.39, 0.29) is 17.5 Å². The molecule has 9 heteroatoms. The fourth-order valence-electron chi connectivity index (χ4n) is 4.27. The van der Waals surface area contributed by atoms with Crippen molar-refractivity contribution in [3.8, 4) is 5.75 Å². The minimum Gasteiger partial charge on any atom is -0.498 e. The largest absolute Gasteiger partial charge is 0.498 e. The highest BCUT2D eigenvalue weighted by Gasteiger charge is 2.34. The van der Waals surface area contributed by atoms with Gasteiger partial charge in [-0.2, -0.15) is 13.2 Å². The zero-order valence-corrected chi connectivity index (χ0v) is 22.1. The molecule has 204 valence electrons. The molecule has 0 aromatic heterocycles. The third-order valence-corrected chi connectivity index (χ3v) is 6.63. The second-order valence-electron chi connectivity index (χ2n) is 9.11. The molecule has 1 unspecified atom stereocenters. The van der Waals surface area contributed by atoms with Crippen LogP contribution in [-0.2, 0) is 22.3 Å². The number of carbonyl (C=O) groups is 1. The SMILES string of the molecule is COc1ccc(C(C)CN(CCCOC2=CC=C/C(=C\C(=O)O)C2)Cc2cccc(C(F)(F)F)c2Cl)cc1. The normalized spacial score (nSPS) is 15.4. The molecule has 0 amide bonds. The van der Waals surface area contributed by atoms with Gasteiger partial charge in [-0.25, -0.2) is 4.79 Å². The van der Waals surface area contributed by atoms with Gasteiger partial charge in [0.05, 0.1) is 24.3 Å². The number of ether oxygens (including phenoxy) is 2. The molecule has 0 spiro atoms. The number of rotatable bonds is 12. The Morgan fingerprint density at radius 2 is 1.95 bits per heavy atom. The topological polar surface area (TPSA) is 59.0 Å². The Hall–Kier alpha value is -3.23. The van der Waals surface area contributed by atoms with Crippen LogP contribution in [0.5, 0.6) is 5.75 Å². The van der Waals surface area contributed by atoms with Crippen molar-refractivity contribution < 1.29 is 32.5 Å². The van der Waals surface area contributed by atoms with E-state index >= 15 is 0 Å². The molecule has 0 fully saturated rings. The van der Waals surface area contributed by atoms with Crippen LogP contribution in [0.2, 0.25) is 5.02 Å². The van der Waals surface area contributed by atoms with E-state index in [9.17, 15) is 18.0 Å². The van der Waals surface area contributed by atoms with E-state index in [1.807, 2.05) is 24.3 Å². The smallest absolute Gasteiger partial charge is 0.417 e. The van der Waals surface area contributed by atoms with Crippen LogP contribution >= 0.6 is 11.6 Å². The van der Waals surface area contributed by atoms with Crippen LogP contribution in [0.3, 0.4) is 0 Å². The molecule has 1 aliphatic carbocycles. The van der Waals surface area contributed by atoms with Crippen molar-refractivity contribution in [3.63, 3.8) is 0 Å². The average molecular weight is 550 g/mol. The van der Waals surface area contributed by atoms with Crippen molar-refractivity contribution in [1.29, 1.82) is 0 Å². The van der Waals surface area contributed by atoms with Gasteiger partial charge in [-0.05, 0) is 53.3 Å². The number of allylic oxidation sites excluding steroid dienone is 4. The van der Waals surface area contributed by atoms with Crippen molar-refractivity contribution in [2.75, 3.05) is 26.8 Å². The summed E-state index contributed by atoms with van der Waals surface area (Å²) in [6, 6.07) is 11.7. The summed E-state index contributed by atoms with van der Waals surface area (Å²) in [6.45, 7) is 3.85. The number of hydrogen-bond acceptors (Lipinski definition) is 4. The molecule has 0 saturated carbocycles. The van der Waals surface area contributed by atoms with E-state index in [2.05, 4.69) is 11.8 Å². The first-order chi connectivity index (χ1) is 18.1. The molecular weight excluding hydrogens is 519 g/mol. The number of hydrogen-bond donors (Lipinski definition) is 1. The molecule has 2 aromatic carbocycles. The van der Waals surface area contributed by atoms with Gasteiger partial charge in [-0.1, -0.05) is 54.9 Å². The lowest BCUT2D eigenvalue weighted by Crippen LogP contribution is -2.29. The molecule has 0 bridgehead atoms. The van der Waals surface area contributed by atoms with Gasteiger partial charge in [0.1, 0.15) is 11.5 Å². The highest BCUT2D eigenvalue weighted by Crippen LogP contribution is 2.36. The number of aliphatic carboxylic acids is 1. The maximum atomic E-state index is 13.4. The molecule has 0 aliphatic heterocycles. The minimum atomic E-state index is -4.53. The molecule has 1 N–H and O–H groups in total. The number of alkyl halides is 3. The van der Waals surface area contributed by atoms with E-state index in [1.165, 1.54) is 6.07 Å². The van der Waals surface area contributed by atoms with Crippen molar-refractivity contribution >= 4 is 17.6 Å². The fraction of sp³-hybridized carbons (Fsp3) is 0.345. The number of carboxylic acids is 1. The van der Waals surface area contributed by atoms with Gasteiger partial charge >= 0.3 is 12.1 Å². The van der Waals surface area contributed by atoms with Crippen molar-refractivity contribution in [2.45, 2.75) is 38.4 Å². The third-order valence-electron chi connectivity index (χ3n) is 6.18. The first-order valence-electron chi connectivity index (χ1n) is 12.2. The van der Waals surface area contributed by atoms with Crippen LogP contribution in [0.1, 0.15) is 42.4 Å². The average Bonchev–Trinajstić information content (AvgIpc) is 2.87. The molecule has 2 aromatic rings. The van der Waals surface area contributed by atoms with Crippen LogP contribution in [-0.4, -0.2) is 42.8 Å². The van der Waals surface area contributed by atoms with Crippen LogP contribution in [0, 0.1) is 0 Å². The lowest BCUT2D eigenvalue weighted by atomic mass is 10.00. The number of carboxylic acid groups (broad SMARTS) is 1. The Morgan fingerprint density at radius 3 is 2.61 bits per heavy atom. The summed E-state index contributed by atoms with van der Waals surface area (Å²) >= 11 is 6.19. The van der Waals surface area contributed by atoms with Crippen LogP contribution in [0.4, 0.5) is 13.2 Å². The highest BCUT2D eigenvalue weighted by atomic mass is 35.5. The van der Waals surface area contributed by atoms with E-state index in [4.69, 9.17) is 26.2 Å². The predicted octanol–water partition coefficient (Wildman–Crippen LogP) is 7.23. The molecule has 1 atom stereocenters. The number of nitrogens with zero attached hydrogens (tertiary/aromatic N) is 1. The van der Waals surface area contributed by atoms with E-state index in [0.717, 1.165) is 23.5 Å². The van der Waals surface area contributed by atoms with Gasteiger partial charge < -0.3 is 14.6 Å². The predicted molar refractivity (Wildman–Crippen MR) is 141 cm³/mol. The molecular formula is C29H31ClF3NO4. The standard InChI is InChI=1S/C29H31ClF3NO4/c1-20(22-10-12-24(37-2)13-11-22)18-34(19-23-7-4-9-26(28(23)30)29(31,32)33)14-5-15-38-25-8-3-6-21(16-25)17-27(35)36/h3-4,6-13,17,20H,5,14-16,18-19H2,1-2H3,(H,35,36)/b21-17+. The summed E-state index contributed by atoms with van der Waals surface area (Å²) in [4.78, 5) is 13.0. The maximum absolute atomic E-state index is 13.4. The number of halogens is 4. The maximum Gasteiger partial charge on any atom is 0.417 e. The summed E-state index contributed by atoms with van der Waals surface area (Å²) in [7, 11) is 1.60. The van der Waals surface area contributed by atoms with Gasteiger partial charge in [-0.3, -0.25) is 4.90 Å². The fourth-order valence-corrected chi connectivity index (χ4v) is 4.56. The number of methoxy groups -OCH3 is 1. The van der Waals surface area contributed by atoms with Gasteiger partial charge in [0.25, 0.3) is 0 Å². The second kappa shape index (κ2) is 13.5. The van der Waals surface area contributed by atoms with E-state index in [1.54, 1.807) is 31.4 Å². The Morgan fingerprint density at radius 1 is 1.21 bits per heavy atom. The molecule has 38 heavy (non-hydrogen) atoms. The van der Waals surface area contributed by atoms with Gasteiger partial charge in [-0.15, -0.1) is 0 Å². The van der Waals surface area contributed by atoms with E-state index < -0.39 is 17.7 Å². The van der Waals surface area contributed by atoms with E-state index in [0.29, 0.717) is 49.4 Å². The monoisotopic (exact) mass is 549 g/mol. The molecule has 3 rings (SSSR count). The summed E-state index contributed by atoms with van der Waals surface area (Å²) in [5.41, 5.74) is 1.29. The third kappa shape index (κ3) is 8.67. The van der Waals surface area contributed by atoms with Crippen LogP contribution in [0.25, 0.3) is 0 Å². The van der Waals surface area contributed by atoms with Gasteiger partial charge in [0.15, 0.2) is 0 Å². The molecule has 1 aliphatic rings. The van der Waals surface area contributed by atoms with Gasteiger partial charge in [0, 0.05) is 32.1 Å². The zero-order valence-electron chi connectivity index (χ0n) is 21.3. The quantitative estimate of drug-likeness (QED) is 0.223. The lowest BCUT2D eigenvalue weighted by Gasteiger charge is -2.27. The highest BCUT2D eigenvalue weighted by molar-refractivity contribution is 6.32. The minimum absolute atomic E-state index is 0.0984. The van der Waals surface area contributed by atoms with Crippen LogP contribution < -0.4 is 4.74 Å². The van der Waals surface area contributed by atoms with Crippen molar-refractivity contribution in [3.05, 3.63) is 99.8 Å². The molecule has 0 radical (unpaired) electrons. The van der Waals surface area contributed by atoms with Crippen molar-refractivity contribution in [2.24, 2.45) is 0 Å². The molecule has 0 heterocycles. The Kier molecular flexibility index (Phi) is 10.4. The van der Waals surface area contributed by atoms with Crippen molar-refractivity contribution in [1.82, 2.24) is 4.90 Å². The van der Waals surface area contributed by atoms with Crippen LogP contribution in [0.15, 0.2) is 78.1 Å². The lowest BCUT2D eigenvalue weighted by molar-refractivity contribution is -0.137. The summed E-state index contributed by atoms with van der Waals surface area (Å²) in [5.74, 6) is 0.500. The first-order valence-corrected chi connectivity index (χ1v) is 12.6. The summed E-state index contributed by atoms with van der Waals surface area (Å²) < 4.78 is 51.3.